The number of phosphoric ester groups is 1. The molecule has 0 amide bonds. The summed E-state index contributed by atoms with van der Waals surface area (Å²) >= 11 is 5.10. The summed E-state index contributed by atoms with van der Waals surface area (Å²) in [5.41, 5.74) is 13.5. The number of aromatic nitrogens is 8. The summed E-state index contributed by atoms with van der Waals surface area (Å²) in [5.74, 6) is 0.748. The van der Waals surface area contributed by atoms with Crippen LogP contribution in [-0.4, -0.2) is 102 Å². The molecule has 2 aliphatic rings. The summed E-state index contributed by atoms with van der Waals surface area (Å²) in [7, 11) is -1.56. The van der Waals surface area contributed by atoms with Gasteiger partial charge in [-0.25, -0.2) is 19.9 Å². The van der Waals surface area contributed by atoms with E-state index in [4.69, 9.17) is 60.3 Å². The van der Waals surface area contributed by atoms with Crippen molar-refractivity contribution in [1.29, 1.82) is 0 Å². The largest absolute Gasteiger partial charge is 0.780 e. The molecule has 6 rings (SSSR count). The molecule has 10 atom stereocenters. The fourth-order valence-electron chi connectivity index (χ4n) is 6.84. The van der Waals surface area contributed by atoms with E-state index in [-0.39, 0.29) is 23.9 Å². The van der Waals surface area contributed by atoms with Gasteiger partial charge in [0.15, 0.2) is 23.8 Å². The molecule has 4 aromatic rings. The highest BCUT2D eigenvalue weighted by molar-refractivity contribution is 8.06. The van der Waals surface area contributed by atoms with Gasteiger partial charge < -0.3 is 58.3 Å². The Kier molecular flexibility index (Phi) is 15.4. The third kappa shape index (κ3) is 11.3. The Hall–Kier alpha value is -2.82. The molecule has 2 fully saturated rings. The minimum atomic E-state index is -4.57. The lowest BCUT2D eigenvalue weighted by Crippen LogP contribution is -2.37. The van der Waals surface area contributed by atoms with Crippen LogP contribution in [0.2, 0.25) is 0 Å². The van der Waals surface area contributed by atoms with Gasteiger partial charge in [-0.15, -0.1) is 0 Å². The quantitative estimate of drug-likeness (QED) is 0.153. The third-order valence-corrected chi connectivity index (χ3v) is 11.8. The maximum Gasteiger partial charge on any atom is 0.268 e. The van der Waals surface area contributed by atoms with Crippen LogP contribution in [0, 0.1) is 11.8 Å². The smallest absolute Gasteiger partial charge is 0.268 e. The van der Waals surface area contributed by atoms with Crippen molar-refractivity contribution in [3.05, 3.63) is 25.0 Å². The molecular formula is C34H54N10O11P2S-2. The van der Waals surface area contributed by atoms with Gasteiger partial charge in [0.2, 0.25) is 11.9 Å². The first kappa shape index (κ1) is 46.2. The van der Waals surface area contributed by atoms with Gasteiger partial charge in [-0.1, -0.05) is 39.5 Å². The van der Waals surface area contributed by atoms with E-state index in [0.29, 0.717) is 41.1 Å². The Bertz CT molecular complexity index is 1930. The summed E-state index contributed by atoms with van der Waals surface area (Å²) in [5, 5.41) is 0. The molecule has 2 saturated heterocycles. The first-order valence-corrected chi connectivity index (χ1v) is 22.9. The van der Waals surface area contributed by atoms with Gasteiger partial charge in [0.1, 0.15) is 42.2 Å². The van der Waals surface area contributed by atoms with E-state index in [1.807, 2.05) is 13.8 Å². The molecule has 324 valence electrons. The number of ether oxygens (including phenoxy) is 4. The number of hydrogen-bond donors (Lipinski definition) is 2. The first-order chi connectivity index (χ1) is 27.2. The predicted octanol–water partition coefficient (Wildman–Crippen LogP) is 3.41. The zero-order valence-corrected chi connectivity index (χ0v) is 36.8. The van der Waals surface area contributed by atoms with Gasteiger partial charge in [-0.2, -0.15) is 9.97 Å². The van der Waals surface area contributed by atoms with Crippen LogP contribution in [0.25, 0.3) is 22.3 Å². The number of nitrogens with zero attached hydrogens (tertiary/aromatic N) is 8. The molecule has 21 nitrogen and oxygen atoms in total. The summed E-state index contributed by atoms with van der Waals surface area (Å²) < 4.78 is 61.0. The van der Waals surface area contributed by atoms with Crippen LogP contribution in [0.5, 0.6) is 0 Å². The maximum atomic E-state index is 12.7. The van der Waals surface area contributed by atoms with Crippen molar-refractivity contribution in [1.82, 2.24) is 39.0 Å². The Morgan fingerprint density at radius 1 is 0.707 bits per heavy atom. The van der Waals surface area contributed by atoms with Crippen LogP contribution in [0.4, 0.5) is 11.9 Å². The highest BCUT2D eigenvalue weighted by atomic mass is 32.5. The molecule has 0 aliphatic carbocycles. The van der Waals surface area contributed by atoms with Crippen molar-refractivity contribution in [3.8, 4) is 0 Å². The van der Waals surface area contributed by atoms with Crippen molar-refractivity contribution in [2.75, 3.05) is 25.7 Å². The lowest BCUT2D eigenvalue weighted by atomic mass is 10.0. The van der Waals surface area contributed by atoms with Crippen LogP contribution in [0.3, 0.4) is 0 Å². The predicted molar refractivity (Wildman–Crippen MR) is 212 cm³/mol. The average molecular weight is 873 g/mol. The van der Waals surface area contributed by atoms with E-state index in [1.54, 1.807) is 49.4 Å². The first-order valence-electron chi connectivity index (χ1n) is 18.8. The number of imidazole rings is 2. The summed E-state index contributed by atoms with van der Waals surface area (Å²) in [6.45, 7) is 11.1. The zero-order valence-electron chi connectivity index (χ0n) is 34.2. The van der Waals surface area contributed by atoms with Gasteiger partial charge in [-0.3, -0.25) is 13.7 Å². The van der Waals surface area contributed by atoms with Crippen LogP contribution >= 0.6 is 14.5 Å². The molecule has 0 bridgehead atoms. The van der Waals surface area contributed by atoms with E-state index < -0.39 is 69.7 Å². The fraction of sp³-hybridized carbons (Fsp3) is 0.706. The molecule has 2 aliphatic heterocycles. The van der Waals surface area contributed by atoms with E-state index in [1.165, 1.54) is 26.7 Å². The van der Waals surface area contributed by atoms with Gasteiger partial charge in [-0.05, 0) is 52.4 Å². The SMILES string of the molecule is COC1[C@@H](OP(=O)([O-])OC(C)C)[C@@H](CC(C)C)O[C@H]1n1cnc2cnc(N)nc21.COC1[C@@H](OP([O-])(=S)OC(C)C)[C@@H](CC(C)C)O[C@H]1n1cnc2cnc(N)nc21. The molecule has 58 heavy (non-hydrogen) atoms. The second kappa shape index (κ2) is 19.3. The van der Waals surface area contributed by atoms with E-state index in [9.17, 15) is 14.4 Å². The maximum absolute atomic E-state index is 12.7. The van der Waals surface area contributed by atoms with Gasteiger partial charge >= 0.3 is 0 Å². The standard InChI is InChI=1S/C17H28N5O6P.C17H28N5O5PS/c1-9(2)6-12-13(28-29(23,24)27-10(3)4)14(25-5)16(26-12)22-8-20-11-7-19-17(18)21-15(11)22;1-9(2)6-12-13(27-28(23,29)26-10(3)4)14(24-5)16(25-12)22-8-20-11-7-19-17(18)21-15(11)22/h7-10,12-14,16H,6H2,1-5H3,(H,23,24)(H2,18,19,21);7-10,12-14,16H,6H2,1-5H3,(H,23,29)(H2,18,19,21)/p-2/t12-,13+,14?,16-;12-,13+,14?,16-,28?/m11/s1. The topological polar surface area (TPSA) is 276 Å². The number of hydrogen-bond acceptors (Lipinski definition) is 20. The number of fused-ring (bicyclic) bond motifs is 2. The summed E-state index contributed by atoms with van der Waals surface area (Å²) in [4.78, 5) is 50.0. The monoisotopic (exact) mass is 872 g/mol. The molecule has 4 N–H and O–H groups in total. The van der Waals surface area contributed by atoms with Crippen molar-refractivity contribution >= 4 is 60.6 Å². The van der Waals surface area contributed by atoms with Crippen molar-refractivity contribution < 1.29 is 51.4 Å². The van der Waals surface area contributed by atoms with Crippen molar-refractivity contribution in [3.63, 3.8) is 0 Å². The second-order valence-corrected chi connectivity index (χ2v) is 19.3. The minimum absolute atomic E-state index is 0.0899. The molecule has 0 radical (unpaired) electrons. The number of phosphoric acid groups is 1. The van der Waals surface area contributed by atoms with E-state index in [2.05, 4.69) is 43.8 Å². The Morgan fingerprint density at radius 3 is 1.50 bits per heavy atom. The molecule has 0 spiro atoms. The number of nitrogen functional groups attached to an aromatic ring is 2. The van der Waals surface area contributed by atoms with E-state index in [0.717, 1.165) is 0 Å². The third-order valence-electron chi connectivity index (χ3n) is 8.92. The summed E-state index contributed by atoms with van der Waals surface area (Å²) in [6.07, 6.45) is 1.27. The fourth-order valence-corrected chi connectivity index (χ4v) is 9.90. The van der Waals surface area contributed by atoms with Gasteiger partial charge in [0, 0.05) is 14.2 Å². The molecule has 0 saturated carbocycles. The number of rotatable bonds is 16. The van der Waals surface area contributed by atoms with Gasteiger partial charge in [0.25, 0.3) is 7.82 Å². The van der Waals surface area contributed by atoms with Crippen LogP contribution in [0.15, 0.2) is 25.0 Å². The Balaban J connectivity index is 0.000000221. The molecule has 6 heterocycles. The molecule has 24 heteroatoms. The molecule has 0 aromatic carbocycles. The number of nitrogens with two attached hydrogens (primary N) is 2. The Labute approximate surface area is 342 Å². The van der Waals surface area contributed by atoms with Crippen LogP contribution in [0.1, 0.15) is 80.7 Å². The highest BCUT2D eigenvalue weighted by Gasteiger charge is 2.50. The normalized spacial score (nSPS) is 27.2. The second-order valence-electron chi connectivity index (χ2n) is 15.3. The highest BCUT2D eigenvalue weighted by Crippen LogP contribution is 2.49. The molecule has 4 aromatic heterocycles. The summed E-state index contributed by atoms with van der Waals surface area (Å²) in [6, 6.07) is 0. The molecule has 4 unspecified atom stereocenters. The Morgan fingerprint density at radius 2 is 1.12 bits per heavy atom. The number of methoxy groups -OCH3 is 2. The molecular weight excluding hydrogens is 818 g/mol. The zero-order chi connectivity index (χ0) is 42.7. The van der Waals surface area contributed by atoms with Gasteiger partial charge in [0.05, 0.1) is 49.5 Å². The minimum Gasteiger partial charge on any atom is -0.780 e. The van der Waals surface area contributed by atoms with E-state index >= 15 is 0 Å². The lowest BCUT2D eigenvalue weighted by molar-refractivity contribution is -0.236. The van der Waals surface area contributed by atoms with Crippen LogP contribution < -0.4 is 21.3 Å². The average Bonchev–Trinajstić information content (AvgIpc) is 3.86. The van der Waals surface area contributed by atoms with Crippen molar-refractivity contribution in [2.45, 2.75) is 130 Å². The van der Waals surface area contributed by atoms with Crippen LogP contribution in [-0.2, 0) is 53.4 Å². The van der Waals surface area contributed by atoms with Crippen molar-refractivity contribution in [2.24, 2.45) is 11.8 Å². The lowest BCUT2D eigenvalue weighted by Gasteiger charge is -2.35. The number of anilines is 2.